The number of benzene rings is 1. The van der Waals surface area contributed by atoms with E-state index in [1.165, 1.54) is 7.11 Å². The van der Waals surface area contributed by atoms with Crippen molar-refractivity contribution >= 4 is 11.8 Å². The number of hydrogen-bond acceptors (Lipinski definition) is 4. The minimum absolute atomic E-state index is 0.334. The summed E-state index contributed by atoms with van der Waals surface area (Å²) >= 11 is 0. The van der Waals surface area contributed by atoms with Crippen molar-refractivity contribution in [1.29, 1.82) is 0 Å². The van der Waals surface area contributed by atoms with Crippen molar-refractivity contribution in [3.05, 3.63) is 35.5 Å². The largest absolute Gasteiger partial charge is 0.453 e. The molecule has 0 aliphatic rings. The summed E-state index contributed by atoms with van der Waals surface area (Å²) in [4.78, 5) is 11.0. The molecule has 6 heteroatoms. The molecular formula is C13H16N4O2. The van der Waals surface area contributed by atoms with Crippen molar-refractivity contribution in [2.24, 2.45) is 0 Å². The molecule has 0 saturated carbocycles. The highest BCUT2D eigenvalue weighted by atomic mass is 16.5. The molecule has 0 radical (unpaired) electrons. The summed E-state index contributed by atoms with van der Waals surface area (Å²) in [7, 11) is 1.32. The smallest absolute Gasteiger partial charge is 0.407 e. The van der Waals surface area contributed by atoms with E-state index in [0.29, 0.717) is 6.54 Å². The molecule has 4 N–H and O–H groups in total. The number of H-pyrrole nitrogens is 1. The Hall–Kier alpha value is -2.50. The van der Waals surface area contributed by atoms with E-state index < -0.39 is 6.09 Å². The van der Waals surface area contributed by atoms with Crippen LogP contribution in [0.4, 0.5) is 10.5 Å². The van der Waals surface area contributed by atoms with Gasteiger partial charge in [-0.3, -0.25) is 5.10 Å². The van der Waals surface area contributed by atoms with Gasteiger partial charge in [0.25, 0.3) is 0 Å². The SMILES string of the molecule is COC(=O)NCc1cc(-c2ccc(C)c(N)c2)n[nH]1. The predicted octanol–water partition coefficient (Wildman–Crippen LogP) is 1.82. The second-order valence-electron chi connectivity index (χ2n) is 4.19. The lowest BCUT2D eigenvalue weighted by atomic mass is 10.1. The molecule has 0 bridgehead atoms. The fraction of sp³-hybridized carbons (Fsp3) is 0.231. The van der Waals surface area contributed by atoms with Crippen LogP contribution in [-0.2, 0) is 11.3 Å². The van der Waals surface area contributed by atoms with Gasteiger partial charge in [-0.25, -0.2) is 4.79 Å². The van der Waals surface area contributed by atoms with E-state index in [9.17, 15) is 4.79 Å². The maximum absolute atomic E-state index is 11.0. The zero-order valence-corrected chi connectivity index (χ0v) is 10.9. The van der Waals surface area contributed by atoms with E-state index in [4.69, 9.17) is 5.73 Å². The zero-order valence-electron chi connectivity index (χ0n) is 10.9. The molecular weight excluding hydrogens is 244 g/mol. The van der Waals surface area contributed by atoms with Crippen molar-refractivity contribution in [1.82, 2.24) is 15.5 Å². The van der Waals surface area contributed by atoms with Gasteiger partial charge in [0.2, 0.25) is 0 Å². The maximum atomic E-state index is 11.0. The number of aryl methyl sites for hydroxylation is 1. The lowest BCUT2D eigenvalue weighted by Gasteiger charge is -2.02. The molecule has 0 spiro atoms. The van der Waals surface area contributed by atoms with E-state index in [1.807, 2.05) is 31.2 Å². The summed E-state index contributed by atoms with van der Waals surface area (Å²) in [6.07, 6.45) is -0.476. The minimum atomic E-state index is -0.476. The van der Waals surface area contributed by atoms with Gasteiger partial charge in [0.05, 0.1) is 25.0 Å². The third-order valence-corrected chi connectivity index (χ3v) is 2.81. The van der Waals surface area contributed by atoms with Crippen LogP contribution in [-0.4, -0.2) is 23.4 Å². The van der Waals surface area contributed by atoms with Crippen LogP contribution in [0.15, 0.2) is 24.3 Å². The van der Waals surface area contributed by atoms with Gasteiger partial charge in [0.1, 0.15) is 0 Å². The second-order valence-corrected chi connectivity index (χ2v) is 4.19. The Bertz CT molecular complexity index is 592. The highest BCUT2D eigenvalue weighted by molar-refractivity contribution is 5.68. The Morgan fingerprint density at radius 3 is 2.95 bits per heavy atom. The zero-order chi connectivity index (χ0) is 13.8. The molecule has 0 unspecified atom stereocenters. The average molecular weight is 260 g/mol. The number of carbonyl (C=O) groups excluding carboxylic acids is 1. The number of amides is 1. The standard InChI is InChI=1S/C13H16N4O2/c1-8-3-4-9(5-11(8)14)12-6-10(16-17-12)7-15-13(18)19-2/h3-6H,7,14H2,1-2H3,(H,15,18)(H,16,17). The molecule has 1 aromatic carbocycles. The third kappa shape index (κ3) is 3.04. The molecule has 100 valence electrons. The maximum Gasteiger partial charge on any atom is 0.407 e. The van der Waals surface area contributed by atoms with Crippen LogP contribution in [0.5, 0.6) is 0 Å². The number of hydrogen-bond donors (Lipinski definition) is 3. The highest BCUT2D eigenvalue weighted by Crippen LogP contribution is 2.22. The summed E-state index contributed by atoms with van der Waals surface area (Å²) in [5, 5.41) is 9.62. The second kappa shape index (κ2) is 5.43. The third-order valence-electron chi connectivity index (χ3n) is 2.81. The molecule has 0 fully saturated rings. The van der Waals surface area contributed by atoms with E-state index in [1.54, 1.807) is 0 Å². The van der Waals surface area contributed by atoms with Gasteiger partial charge in [0.15, 0.2) is 0 Å². The van der Waals surface area contributed by atoms with Gasteiger partial charge in [0, 0.05) is 11.3 Å². The highest BCUT2D eigenvalue weighted by Gasteiger charge is 2.06. The fourth-order valence-electron chi connectivity index (χ4n) is 1.64. The topological polar surface area (TPSA) is 93.0 Å². The average Bonchev–Trinajstić information content (AvgIpc) is 2.88. The van der Waals surface area contributed by atoms with Crippen LogP contribution in [0, 0.1) is 6.92 Å². The van der Waals surface area contributed by atoms with Gasteiger partial charge < -0.3 is 15.8 Å². The van der Waals surface area contributed by atoms with Crippen molar-refractivity contribution < 1.29 is 9.53 Å². The number of ether oxygens (including phenoxy) is 1. The van der Waals surface area contributed by atoms with Crippen molar-refractivity contribution in [3.8, 4) is 11.3 Å². The number of nitrogen functional groups attached to an aromatic ring is 1. The first-order valence-corrected chi connectivity index (χ1v) is 5.82. The first kappa shape index (κ1) is 12.9. The van der Waals surface area contributed by atoms with Crippen molar-refractivity contribution in [2.45, 2.75) is 13.5 Å². The summed E-state index contributed by atoms with van der Waals surface area (Å²) in [6.45, 7) is 2.29. The van der Waals surface area contributed by atoms with Crippen molar-refractivity contribution in [2.75, 3.05) is 12.8 Å². The monoisotopic (exact) mass is 260 g/mol. The summed E-state index contributed by atoms with van der Waals surface area (Å²) in [6, 6.07) is 7.65. The molecule has 6 nitrogen and oxygen atoms in total. The molecule has 0 saturated heterocycles. The molecule has 1 aromatic heterocycles. The molecule has 0 aliphatic carbocycles. The number of aromatic nitrogens is 2. The number of nitrogens with one attached hydrogen (secondary N) is 2. The Labute approximate surface area is 111 Å². The molecule has 2 rings (SSSR count). The Kier molecular flexibility index (Phi) is 3.70. The molecule has 1 amide bonds. The number of alkyl carbamates (subject to hydrolysis) is 1. The van der Waals surface area contributed by atoms with Crippen LogP contribution in [0.25, 0.3) is 11.3 Å². The summed E-state index contributed by atoms with van der Waals surface area (Å²) in [5.74, 6) is 0. The van der Waals surface area contributed by atoms with Gasteiger partial charge in [-0.1, -0.05) is 12.1 Å². The quantitative estimate of drug-likeness (QED) is 0.734. The molecule has 0 aliphatic heterocycles. The number of nitrogens with zero attached hydrogens (tertiary/aromatic N) is 1. The lowest BCUT2D eigenvalue weighted by molar-refractivity contribution is 0.170. The predicted molar refractivity (Wildman–Crippen MR) is 72.4 cm³/mol. The Balaban J connectivity index is 2.12. The number of rotatable bonds is 3. The fourth-order valence-corrected chi connectivity index (χ4v) is 1.64. The van der Waals surface area contributed by atoms with E-state index in [-0.39, 0.29) is 0 Å². The minimum Gasteiger partial charge on any atom is -0.453 e. The van der Waals surface area contributed by atoms with Crippen LogP contribution in [0.3, 0.4) is 0 Å². The van der Waals surface area contributed by atoms with Crippen LogP contribution in [0.1, 0.15) is 11.3 Å². The van der Waals surface area contributed by atoms with Gasteiger partial charge >= 0.3 is 6.09 Å². The number of anilines is 1. The van der Waals surface area contributed by atoms with E-state index in [0.717, 1.165) is 28.2 Å². The number of methoxy groups -OCH3 is 1. The lowest BCUT2D eigenvalue weighted by Crippen LogP contribution is -2.22. The number of nitrogens with two attached hydrogens (primary N) is 1. The Morgan fingerprint density at radius 2 is 2.26 bits per heavy atom. The van der Waals surface area contributed by atoms with Gasteiger partial charge in [-0.05, 0) is 24.6 Å². The summed E-state index contributed by atoms with van der Waals surface area (Å²) in [5.41, 5.74) is 10.1. The van der Waals surface area contributed by atoms with Crippen LogP contribution < -0.4 is 11.1 Å². The van der Waals surface area contributed by atoms with Gasteiger partial charge in [-0.15, -0.1) is 0 Å². The molecule has 1 heterocycles. The first-order chi connectivity index (χ1) is 9.10. The van der Waals surface area contributed by atoms with E-state index in [2.05, 4.69) is 20.3 Å². The number of aromatic amines is 1. The first-order valence-electron chi connectivity index (χ1n) is 5.82. The molecule has 2 aromatic rings. The van der Waals surface area contributed by atoms with Crippen molar-refractivity contribution in [3.63, 3.8) is 0 Å². The van der Waals surface area contributed by atoms with Gasteiger partial charge in [-0.2, -0.15) is 5.10 Å². The Morgan fingerprint density at radius 1 is 1.47 bits per heavy atom. The van der Waals surface area contributed by atoms with Crippen LogP contribution in [0.2, 0.25) is 0 Å². The normalized spacial score (nSPS) is 10.2. The van der Waals surface area contributed by atoms with Crippen LogP contribution >= 0.6 is 0 Å². The molecule has 19 heavy (non-hydrogen) atoms. The molecule has 0 atom stereocenters. The summed E-state index contributed by atoms with van der Waals surface area (Å²) < 4.78 is 4.49. The van der Waals surface area contributed by atoms with E-state index >= 15 is 0 Å². The number of carbonyl (C=O) groups is 1.